The van der Waals surface area contributed by atoms with Crippen LogP contribution in [0.5, 0.6) is 5.75 Å². The van der Waals surface area contributed by atoms with E-state index in [2.05, 4.69) is 34.8 Å². The summed E-state index contributed by atoms with van der Waals surface area (Å²) in [6.07, 6.45) is 0. The van der Waals surface area contributed by atoms with E-state index >= 15 is 0 Å². The number of benzene rings is 1. The first kappa shape index (κ1) is 13.9. The molecule has 0 unspecified atom stereocenters. The monoisotopic (exact) mass is 276 g/mol. The van der Waals surface area contributed by atoms with Crippen LogP contribution >= 0.6 is 11.3 Å². The van der Waals surface area contributed by atoms with E-state index < -0.39 is 0 Å². The summed E-state index contributed by atoms with van der Waals surface area (Å²) < 4.78 is 5.43. The van der Waals surface area contributed by atoms with Crippen LogP contribution in [-0.4, -0.2) is 14.2 Å². The Morgan fingerprint density at radius 3 is 2.74 bits per heavy atom. The van der Waals surface area contributed by atoms with Gasteiger partial charge in [0.2, 0.25) is 0 Å². The molecule has 0 radical (unpaired) electrons. The lowest BCUT2D eigenvalue weighted by Gasteiger charge is -2.25. The molecule has 3 nitrogen and oxygen atoms in total. The van der Waals surface area contributed by atoms with Crippen molar-refractivity contribution in [1.29, 1.82) is 0 Å². The molecule has 0 bridgehead atoms. The fraction of sp³-hybridized carbons (Fsp3) is 0.333. The van der Waals surface area contributed by atoms with Crippen LogP contribution in [0.3, 0.4) is 0 Å². The van der Waals surface area contributed by atoms with Crippen molar-refractivity contribution in [3.63, 3.8) is 0 Å². The van der Waals surface area contributed by atoms with Crippen LogP contribution in [0.25, 0.3) is 0 Å². The SMILES string of the molecule is COc1cccc(N(C)Cc2ccsc2)c1[C@@H](C)N. The first-order chi connectivity index (χ1) is 9.13. The maximum atomic E-state index is 6.10. The molecule has 2 aromatic rings. The van der Waals surface area contributed by atoms with E-state index in [0.717, 1.165) is 23.5 Å². The van der Waals surface area contributed by atoms with E-state index in [4.69, 9.17) is 10.5 Å². The number of ether oxygens (including phenoxy) is 1. The van der Waals surface area contributed by atoms with Crippen molar-refractivity contribution in [3.05, 3.63) is 46.2 Å². The lowest BCUT2D eigenvalue weighted by atomic mass is 10.0. The minimum atomic E-state index is -0.0592. The highest BCUT2D eigenvalue weighted by molar-refractivity contribution is 7.07. The summed E-state index contributed by atoms with van der Waals surface area (Å²) in [4.78, 5) is 2.21. The third-order valence-electron chi connectivity index (χ3n) is 3.13. The molecule has 2 N–H and O–H groups in total. The molecule has 0 amide bonds. The molecular weight excluding hydrogens is 256 g/mol. The molecule has 0 aliphatic carbocycles. The second-order valence-electron chi connectivity index (χ2n) is 4.67. The maximum Gasteiger partial charge on any atom is 0.125 e. The molecule has 1 aromatic carbocycles. The molecule has 4 heteroatoms. The molecule has 0 fully saturated rings. The van der Waals surface area contributed by atoms with Crippen molar-refractivity contribution in [1.82, 2.24) is 0 Å². The first-order valence-electron chi connectivity index (χ1n) is 6.28. The largest absolute Gasteiger partial charge is 0.496 e. The molecule has 1 heterocycles. The number of nitrogens with two attached hydrogens (primary N) is 1. The van der Waals surface area contributed by atoms with Gasteiger partial charge in [-0.25, -0.2) is 0 Å². The van der Waals surface area contributed by atoms with Crippen LogP contribution < -0.4 is 15.4 Å². The topological polar surface area (TPSA) is 38.5 Å². The minimum Gasteiger partial charge on any atom is -0.496 e. The van der Waals surface area contributed by atoms with Crippen molar-refractivity contribution in [2.24, 2.45) is 5.73 Å². The Balaban J connectivity index is 2.32. The second kappa shape index (κ2) is 6.08. The van der Waals surface area contributed by atoms with Crippen molar-refractivity contribution >= 4 is 17.0 Å². The van der Waals surface area contributed by atoms with E-state index in [9.17, 15) is 0 Å². The molecule has 1 atom stereocenters. The van der Waals surface area contributed by atoms with Gasteiger partial charge in [-0.2, -0.15) is 11.3 Å². The zero-order chi connectivity index (χ0) is 13.8. The number of hydrogen-bond acceptors (Lipinski definition) is 4. The minimum absolute atomic E-state index is 0.0592. The Hall–Kier alpha value is -1.52. The van der Waals surface area contributed by atoms with E-state index in [1.165, 1.54) is 5.56 Å². The predicted octanol–water partition coefficient (Wildman–Crippen LogP) is 3.41. The smallest absolute Gasteiger partial charge is 0.125 e. The maximum absolute atomic E-state index is 6.10. The summed E-state index contributed by atoms with van der Waals surface area (Å²) in [6, 6.07) is 8.14. The summed E-state index contributed by atoms with van der Waals surface area (Å²) in [5.41, 5.74) is 9.59. The van der Waals surface area contributed by atoms with Crippen LogP contribution in [0.1, 0.15) is 24.1 Å². The molecular formula is C15H20N2OS. The van der Waals surface area contributed by atoms with Gasteiger partial charge >= 0.3 is 0 Å². The fourth-order valence-electron chi connectivity index (χ4n) is 2.24. The summed E-state index contributed by atoms with van der Waals surface area (Å²) in [6.45, 7) is 2.86. The predicted molar refractivity (Wildman–Crippen MR) is 82.0 cm³/mol. The highest BCUT2D eigenvalue weighted by Gasteiger charge is 2.16. The van der Waals surface area contributed by atoms with Gasteiger partial charge in [-0.05, 0) is 41.4 Å². The van der Waals surface area contributed by atoms with Crippen LogP contribution in [0.4, 0.5) is 5.69 Å². The lowest BCUT2D eigenvalue weighted by Crippen LogP contribution is -2.20. The second-order valence-corrected chi connectivity index (χ2v) is 5.45. The zero-order valence-electron chi connectivity index (χ0n) is 11.6. The van der Waals surface area contributed by atoms with Gasteiger partial charge in [0.1, 0.15) is 5.75 Å². The Bertz CT molecular complexity index is 523. The molecule has 0 spiro atoms. The fourth-order valence-corrected chi connectivity index (χ4v) is 2.90. The van der Waals surface area contributed by atoms with Gasteiger partial charge in [0, 0.05) is 30.9 Å². The average Bonchev–Trinajstić information content (AvgIpc) is 2.90. The number of methoxy groups -OCH3 is 1. The van der Waals surface area contributed by atoms with Crippen molar-refractivity contribution < 1.29 is 4.74 Å². The van der Waals surface area contributed by atoms with Gasteiger partial charge in [-0.15, -0.1) is 0 Å². The normalized spacial score (nSPS) is 12.2. The van der Waals surface area contributed by atoms with E-state index in [1.54, 1.807) is 18.4 Å². The van der Waals surface area contributed by atoms with Gasteiger partial charge in [0.05, 0.1) is 7.11 Å². The lowest BCUT2D eigenvalue weighted by molar-refractivity contribution is 0.407. The van der Waals surface area contributed by atoms with Gasteiger partial charge in [0.25, 0.3) is 0 Å². The highest BCUT2D eigenvalue weighted by Crippen LogP contribution is 2.33. The van der Waals surface area contributed by atoms with Crippen LogP contribution in [0.2, 0.25) is 0 Å². The molecule has 19 heavy (non-hydrogen) atoms. The third kappa shape index (κ3) is 3.08. The highest BCUT2D eigenvalue weighted by atomic mass is 32.1. The Morgan fingerprint density at radius 1 is 1.37 bits per heavy atom. The third-order valence-corrected chi connectivity index (χ3v) is 3.86. The Kier molecular flexibility index (Phi) is 4.45. The molecule has 0 aliphatic heterocycles. The summed E-state index contributed by atoms with van der Waals surface area (Å²) >= 11 is 1.72. The molecule has 0 aliphatic rings. The number of nitrogens with zero attached hydrogens (tertiary/aromatic N) is 1. The van der Waals surface area contributed by atoms with E-state index in [1.807, 2.05) is 19.1 Å². The average molecular weight is 276 g/mol. The van der Waals surface area contributed by atoms with Crippen molar-refractivity contribution in [2.45, 2.75) is 19.5 Å². The molecule has 102 valence electrons. The van der Waals surface area contributed by atoms with E-state index in [0.29, 0.717) is 0 Å². The number of anilines is 1. The standard InChI is InChI=1S/C15H20N2OS/c1-11(16)15-13(5-4-6-14(15)18-3)17(2)9-12-7-8-19-10-12/h4-8,10-11H,9,16H2,1-3H3/t11-/m1/s1. The van der Waals surface area contributed by atoms with Crippen LogP contribution in [0.15, 0.2) is 35.0 Å². The van der Waals surface area contributed by atoms with Gasteiger partial charge in [0.15, 0.2) is 0 Å². The quantitative estimate of drug-likeness (QED) is 0.909. The summed E-state index contributed by atoms with van der Waals surface area (Å²) in [5.74, 6) is 0.852. The molecule has 0 saturated carbocycles. The van der Waals surface area contributed by atoms with Crippen molar-refractivity contribution in [2.75, 3.05) is 19.1 Å². The van der Waals surface area contributed by atoms with Crippen LogP contribution in [-0.2, 0) is 6.54 Å². The molecule has 0 saturated heterocycles. The van der Waals surface area contributed by atoms with Gasteiger partial charge in [-0.1, -0.05) is 6.07 Å². The first-order valence-corrected chi connectivity index (χ1v) is 7.22. The zero-order valence-corrected chi connectivity index (χ0v) is 12.4. The summed E-state index contributed by atoms with van der Waals surface area (Å²) in [7, 11) is 3.77. The molecule has 2 rings (SSSR count). The van der Waals surface area contributed by atoms with E-state index in [-0.39, 0.29) is 6.04 Å². The Morgan fingerprint density at radius 2 is 2.16 bits per heavy atom. The number of hydrogen-bond donors (Lipinski definition) is 1. The van der Waals surface area contributed by atoms with Gasteiger partial charge < -0.3 is 15.4 Å². The number of rotatable bonds is 5. The van der Waals surface area contributed by atoms with Crippen molar-refractivity contribution in [3.8, 4) is 5.75 Å². The Labute approximate surface area is 118 Å². The molecule has 1 aromatic heterocycles. The number of thiophene rings is 1. The summed E-state index contributed by atoms with van der Waals surface area (Å²) in [5, 5.41) is 4.27. The van der Waals surface area contributed by atoms with Gasteiger partial charge in [-0.3, -0.25) is 0 Å². The van der Waals surface area contributed by atoms with Crippen LogP contribution in [0, 0.1) is 0 Å².